The number of nitrogens with two attached hydrogens (primary N) is 1. The largest absolute Gasteiger partial charge is 0.573 e. The van der Waals surface area contributed by atoms with Crippen molar-refractivity contribution in [3.8, 4) is 5.75 Å². The summed E-state index contributed by atoms with van der Waals surface area (Å²) >= 11 is 0. The number of anilines is 1. The van der Waals surface area contributed by atoms with E-state index >= 15 is 0 Å². The first-order chi connectivity index (χ1) is 12.4. The third kappa shape index (κ3) is 6.31. The van der Waals surface area contributed by atoms with Crippen LogP contribution in [0, 0.1) is 0 Å². The predicted molar refractivity (Wildman–Crippen MR) is 108 cm³/mol. The highest BCUT2D eigenvalue weighted by Gasteiger charge is 2.30. The van der Waals surface area contributed by atoms with Gasteiger partial charge < -0.3 is 20.8 Å². The Morgan fingerprint density at radius 3 is 2.52 bits per heavy atom. The molecule has 2 aromatic carbocycles. The van der Waals surface area contributed by atoms with Gasteiger partial charge in [0.1, 0.15) is 11.6 Å². The van der Waals surface area contributed by atoms with E-state index in [9.17, 15) is 13.2 Å². The molecule has 0 aliphatic carbocycles. The molecule has 3 aromatic rings. The van der Waals surface area contributed by atoms with Crippen LogP contribution >= 0.6 is 24.0 Å². The Kier molecular flexibility index (Phi) is 6.88. The number of guanidine groups is 1. The Balaban J connectivity index is 0.00000261. The summed E-state index contributed by atoms with van der Waals surface area (Å²) in [6.45, 7) is 0.411. The number of aliphatic imine (C=N–C) groups is 1. The number of rotatable bonds is 5. The molecule has 0 saturated heterocycles. The highest BCUT2D eigenvalue weighted by atomic mass is 127. The van der Waals surface area contributed by atoms with Crippen LogP contribution in [0.15, 0.2) is 53.5 Å². The van der Waals surface area contributed by atoms with Crippen LogP contribution in [0.5, 0.6) is 5.75 Å². The molecule has 0 aliphatic rings. The van der Waals surface area contributed by atoms with E-state index in [1.807, 2.05) is 24.3 Å². The summed E-state index contributed by atoms with van der Waals surface area (Å²) < 4.78 is 40.1. The molecule has 1 aromatic heterocycles. The Morgan fingerprint density at radius 1 is 1.15 bits per heavy atom. The van der Waals surface area contributed by atoms with Crippen molar-refractivity contribution < 1.29 is 17.9 Å². The number of benzene rings is 2. The monoisotopic (exact) mass is 491 g/mol. The lowest BCUT2D eigenvalue weighted by Crippen LogP contribution is -2.23. The number of fused-ring (bicyclic) bond motifs is 1. The zero-order valence-corrected chi connectivity index (χ0v) is 16.3. The van der Waals surface area contributed by atoms with Gasteiger partial charge in [0.2, 0.25) is 0 Å². The SMILES string of the molecule is I.NC(=NCCc1nc2ccccc2[nH]1)Nc1ccc(OC(F)(F)F)cc1. The van der Waals surface area contributed by atoms with Crippen molar-refractivity contribution in [3.05, 3.63) is 54.4 Å². The zero-order chi connectivity index (χ0) is 18.6. The molecule has 0 saturated carbocycles. The lowest BCUT2D eigenvalue weighted by molar-refractivity contribution is -0.274. The van der Waals surface area contributed by atoms with Crippen molar-refractivity contribution in [2.75, 3.05) is 11.9 Å². The molecule has 6 nitrogen and oxygen atoms in total. The number of nitrogens with one attached hydrogen (secondary N) is 2. The molecule has 0 bridgehead atoms. The molecular formula is C17H17F3IN5O. The summed E-state index contributed by atoms with van der Waals surface area (Å²) in [6.07, 6.45) is -4.14. The van der Waals surface area contributed by atoms with Crippen molar-refractivity contribution in [2.24, 2.45) is 10.7 Å². The number of aromatic nitrogens is 2. The van der Waals surface area contributed by atoms with Crippen LogP contribution in [-0.2, 0) is 6.42 Å². The van der Waals surface area contributed by atoms with Crippen LogP contribution in [0.1, 0.15) is 5.82 Å². The Labute approximate surface area is 170 Å². The summed E-state index contributed by atoms with van der Waals surface area (Å²) in [7, 11) is 0. The quantitative estimate of drug-likeness (QED) is 0.286. The molecule has 0 atom stereocenters. The maximum atomic E-state index is 12.1. The van der Waals surface area contributed by atoms with Gasteiger partial charge in [-0.1, -0.05) is 12.1 Å². The number of imidazole rings is 1. The highest BCUT2D eigenvalue weighted by molar-refractivity contribution is 14.0. The second-order valence-electron chi connectivity index (χ2n) is 5.41. The standard InChI is InChI=1S/C17H16F3N5O.HI/c18-17(19,20)26-12-7-5-11(6-8-12)23-16(21)22-10-9-15-24-13-3-1-2-4-14(13)25-15;/h1-8H,9-10H2,(H,24,25)(H3,21,22,23);1H. The normalized spacial score (nSPS) is 11.9. The third-order valence-electron chi connectivity index (χ3n) is 3.43. The predicted octanol–water partition coefficient (Wildman–Crippen LogP) is 4.05. The topological polar surface area (TPSA) is 88.3 Å². The first-order valence-corrected chi connectivity index (χ1v) is 7.75. The van der Waals surface area contributed by atoms with E-state index in [0.29, 0.717) is 18.7 Å². The Morgan fingerprint density at radius 2 is 1.85 bits per heavy atom. The van der Waals surface area contributed by atoms with Gasteiger partial charge in [0, 0.05) is 18.7 Å². The third-order valence-corrected chi connectivity index (χ3v) is 3.43. The molecule has 0 fully saturated rings. The van der Waals surface area contributed by atoms with Gasteiger partial charge in [-0.15, -0.1) is 37.1 Å². The smallest absolute Gasteiger partial charge is 0.406 e. The van der Waals surface area contributed by atoms with Crippen molar-refractivity contribution in [3.63, 3.8) is 0 Å². The molecule has 4 N–H and O–H groups in total. The molecule has 0 radical (unpaired) electrons. The lowest BCUT2D eigenvalue weighted by Gasteiger charge is -2.10. The second kappa shape index (κ2) is 8.93. The van der Waals surface area contributed by atoms with Crippen LogP contribution in [0.25, 0.3) is 11.0 Å². The summed E-state index contributed by atoms with van der Waals surface area (Å²) in [5, 5.41) is 2.81. The summed E-state index contributed by atoms with van der Waals surface area (Å²) in [5.74, 6) is 0.658. The van der Waals surface area contributed by atoms with E-state index < -0.39 is 6.36 Å². The first kappa shape index (κ1) is 20.8. The number of hydrogen-bond acceptors (Lipinski definition) is 3. The second-order valence-corrected chi connectivity index (χ2v) is 5.41. The van der Waals surface area contributed by atoms with Gasteiger partial charge in [0.25, 0.3) is 0 Å². The van der Waals surface area contributed by atoms with E-state index in [1.165, 1.54) is 24.3 Å². The van der Waals surface area contributed by atoms with Gasteiger partial charge in [0.15, 0.2) is 5.96 Å². The molecule has 3 rings (SSSR count). The number of hydrogen-bond donors (Lipinski definition) is 3. The van der Waals surface area contributed by atoms with E-state index in [4.69, 9.17) is 5.73 Å². The van der Waals surface area contributed by atoms with E-state index in [0.717, 1.165) is 16.9 Å². The van der Waals surface area contributed by atoms with Crippen LogP contribution in [0.4, 0.5) is 18.9 Å². The Hall–Kier alpha value is -2.50. The fourth-order valence-corrected chi connectivity index (χ4v) is 2.33. The molecule has 144 valence electrons. The minimum Gasteiger partial charge on any atom is -0.406 e. The number of nitrogens with zero attached hydrogens (tertiary/aromatic N) is 2. The lowest BCUT2D eigenvalue weighted by atomic mass is 10.3. The maximum Gasteiger partial charge on any atom is 0.573 e. The van der Waals surface area contributed by atoms with Crippen molar-refractivity contribution >= 4 is 46.7 Å². The summed E-state index contributed by atoms with van der Waals surface area (Å²) in [4.78, 5) is 11.8. The molecule has 1 heterocycles. The highest BCUT2D eigenvalue weighted by Crippen LogP contribution is 2.23. The molecule has 0 aliphatic heterocycles. The van der Waals surface area contributed by atoms with Gasteiger partial charge in [-0.2, -0.15) is 0 Å². The molecule has 27 heavy (non-hydrogen) atoms. The number of para-hydroxylation sites is 2. The number of halogens is 4. The van der Waals surface area contributed by atoms with Crippen LogP contribution in [0.3, 0.4) is 0 Å². The number of aromatic amines is 1. The summed E-state index contributed by atoms with van der Waals surface area (Å²) in [6, 6.07) is 12.9. The molecule has 0 spiro atoms. The van der Waals surface area contributed by atoms with E-state index in [-0.39, 0.29) is 35.7 Å². The van der Waals surface area contributed by atoms with Crippen molar-refractivity contribution in [1.29, 1.82) is 0 Å². The van der Waals surface area contributed by atoms with E-state index in [2.05, 4.69) is 25.0 Å². The number of ether oxygens (including phenoxy) is 1. The minimum absolute atomic E-state index is 0. The van der Waals surface area contributed by atoms with Gasteiger partial charge >= 0.3 is 6.36 Å². The molecule has 0 unspecified atom stereocenters. The molecule has 0 amide bonds. The number of alkyl halides is 3. The van der Waals surface area contributed by atoms with Gasteiger partial charge in [-0.3, -0.25) is 4.99 Å². The fourth-order valence-electron chi connectivity index (χ4n) is 2.33. The number of H-pyrrole nitrogens is 1. The van der Waals surface area contributed by atoms with Crippen LogP contribution in [0.2, 0.25) is 0 Å². The van der Waals surface area contributed by atoms with E-state index in [1.54, 1.807) is 0 Å². The minimum atomic E-state index is -4.72. The summed E-state index contributed by atoms with van der Waals surface area (Å²) in [5.41, 5.74) is 8.13. The molecule has 10 heteroatoms. The van der Waals surface area contributed by atoms with Gasteiger partial charge in [0.05, 0.1) is 11.0 Å². The molecular weight excluding hydrogens is 474 g/mol. The van der Waals surface area contributed by atoms with Crippen molar-refractivity contribution in [2.45, 2.75) is 12.8 Å². The fraction of sp³-hybridized carbons (Fsp3) is 0.176. The van der Waals surface area contributed by atoms with Gasteiger partial charge in [-0.05, 0) is 36.4 Å². The Bertz CT molecular complexity index is 876. The van der Waals surface area contributed by atoms with Crippen LogP contribution < -0.4 is 15.8 Å². The zero-order valence-electron chi connectivity index (χ0n) is 14.0. The van der Waals surface area contributed by atoms with Gasteiger partial charge in [-0.25, -0.2) is 4.98 Å². The average Bonchev–Trinajstić information content (AvgIpc) is 2.98. The first-order valence-electron chi connectivity index (χ1n) is 7.75. The average molecular weight is 491 g/mol. The van der Waals surface area contributed by atoms with Crippen LogP contribution in [-0.4, -0.2) is 28.8 Å². The maximum absolute atomic E-state index is 12.1. The van der Waals surface area contributed by atoms with Crippen molar-refractivity contribution in [1.82, 2.24) is 9.97 Å².